The Morgan fingerprint density at radius 2 is 1.91 bits per heavy atom. The summed E-state index contributed by atoms with van der Waals surface area (Å²) in [7, 11) is 0. The summed E-state index contributed by atoms with van der Waals surface area (Å²) in [5, 5.41) is 15.8. The van der Waals surface area contributed by atoms with E-state index in [9.17, 15) is 9.90 Å². The van der Waals surface area contributed by atoms with Gasteiger partial charge in [0.15, 0.2) is 0 Å². The fourth-order valence-corrected chi connectivity index (χ4v) is 6.35. The van der Waals surface area contributed by atoms with Crippen LogP contribution in [0, 0.1) is 18.8 Å². The number of primary amides is 1. The summed E-state index contributed by atoms with van der Waals surface area (Å²) in [5.74, 6) is 1.96. The monoisotopic (exact) mass is 491 g/mol. The zero-order chi connectivity index (χ0) is 24.6. The first-order valence-corrected chi connectivity index (χ1v) is 13.4. The number of carbonyl (C=O) groups excluding carboxylic acids is 1. The summed E-state index contributed by atoms with van der Waals surface area (Å²) in [6.07, 6.45) is 9.74. The fraction of sp³-hybridized carbons (Fsp3) is 0.481. The minimum atomic E-state index is -1.01. The average Bonchev–Trinajstić information content (AvgIpc) is 3.59. The zero-order valence-electron chi connectivity index (χ0n) is 20.3. The van der Waals surface area contributed by atoms with Crippen molar-refractivity contribution in [1.29, 1.82) is 0 Å². The molecule has 4 N–H and O–H groups in total. The number of aryl methyl sites for hydroxylation is 1. The number of nitrogens with zero attached hydrogens (tertiary/aromatic N) is 3. The van der Waals surface area contributed by atoms with Crippen molar-refractivity contribution in [3.63, 3.8) is 0 Å². The molecule has 0 spiro atoms. The molecule has 2 fully saturated rings. The number of aromatic nitrogens is 3. The van der Waals surface area contributed by atoms with Gasteiger partial charge in [-0.25, -0.2) is 15.0 Å². The highest BCUT2D eigenvalue weighted by Crippen LogP contribution is 2.45. The van der Waals surface area contributed by atoms with Crippen LogP contribution in [-0.4, -0.2) is 26.0 Å². The molecule has 2 saturated carbocycles. The molecule has 2 aliphatic rings. The van der Waals surface area contributed by atoms with Crippen molar-refractivity contribution < 1.29 is 9.90 Å². The van der Waals surface area contributed by atoms with Gasteiger partial charge in [-0.2, -0.15) is 0 Å². The lowest BCUT2D eigenvalue weighted by molar-refractivity contribution is -0.124. The van der Waals surface area contributed by atoms with Gasteiger partial charge in [-0.3, -0.25) is 4.79 Å². The number of hydrogen-bond acceptors (Lipinski definition) is 7. The Morgan fingerprint density at radius 3 is 2.60 bits per heavy atom. The van der Waals surface area contributed by atoms with E-state index in [2.05, 4.69) is 27.4 Å². The van der Waals surface area contributed by atoms with Gasteiger partial charge in [0, 0.05) is 18.3 Å². The highest BCUT2D eigenvalue weighted by atomic mass is 32.1. The Morgan fingerprint density at radius 1 is 1.14 bits per heavy atom. The number of nitrogens with two attached hydrogens (primary N) is 1. The number of anilines is 2. The molecule has 184 valence electrons. The lowest BCUT2D eigenvalue weighted by Crippen LogP contribution is -2.38. The van der Waals surface area contributed by atoms with Gasteiger partial charge in [0.1, 0.15) is 22.2 Å². The number of nitrogens with one attached hydrogen (secondary N) is 1. The number of pyridine rings is 2. The van der Waals surface area contributed by atoms with Gasteiger partial charge < -0.3 is 16.2 Å². The van der Waals surface area contributed by atoms with E-state index in [1.165, 1.54) is 29.7 Å². The predicted molar refractivity (Wildman–Crippen MR) is 138 cm³/mol. The van der Waals surface area contributed by atoms with Crippen LogP contribution in [0.4, 0.5) is 11.6 Å². The van der Waals surface area contributed by atoms with Crippen LogP contribution in [0.1, 0.15) is 73.9 Å². The maximum absolute atomic E-state index is 11.7. The van der Waals surface area contributed by atoms with E-state index in [4.69, 9.17) is 10.7 Å². The molecule has 1 atom stereocenters. The van der Waals surface area contributed by atoms with Crippen LogP contribution in [0.2, 0.25) is 0 Å². The summed E-state index contributed by atoms with van der Waals surface area (Å²) >= 11 is 1.50. The van der Waals surface area contributed by atoms with E-state index in [1.54, 1.807) is 0 Å². The van der Waals surface area contributed by atoms with Crippen molar-refractivity contribution in [2.24, 2.45) is 17.6 Å². The fourth-order valence-electron chi connectivity index (χ4n) is 5.24. The maximum Gasteiger partial charge on any atom is 0.220 e. The number of carbonyl (C=O) groups is 1. The van der Waals surface area contributed by atoms with Crippen molar-refractivity contribution in [3.05, 3.63) is 52.8 Å². The second-order valence-corrected chi connectivity index (χ2v) is 11.1. The van der Waals surface area contributed by atoms with Crippen LogP contribution in [0.3, 0.4) is 0 Å². The number of rotatable bonds is 8. The number of aliphatic hydroxyl groups is 1. The number of hydrogen-bond donors (Lipinski definition) is 3. The Hall–Kier alpha value is -2.84. The molecule has 3 heterocycles. The third kappa shape index (κ3) is 5.09. The molecule has 0 aromatic carbocycles. The molecule has 0 bridgehead atoms. The van der Waals surface area contributed by atoms with Crippen LogP contribution in [-0.2, 0) is 10.4 Å². The van der Waals surface area contributed by atoms with Crippen LogP contribution < -0.4 is 11.1 Å². The Kier molecular flexibility index (Phi) is 6.59. The molecular formula is C27H33N5O2S. The summed E-state index contributed by atoms with van der Waals surface area (Å²) in [6.45, 7) is 4.04. The van der Waals surface area contributed by atoms with Gasteiger partial charge in [0.2, 0.25) is 5.91 Å². The predicted octanol–water partition coefficient (Wildman–Crippen LogP) is 5.42. The highest BCUT2D eigenvalue weighted by Gasteiger charge is 2.42. The van der Waals surface area contributed by atoms with E-state index in [-0.39, 0.29) is 17.7 Å². The number of thiazole rings is 1. The third-order valence-corrected chi connectivity index (χ3v) is 8.72. The van der Waals surface area contributed by atoms with Crippen LogP contribution in [0.15, 0.2) is 36.7 Å². The molecule has 3 aromatic heterocycles. The molecular weight excluding hydrogens is 458 g/mol. The topological polar surface area (TPSA) is 114 Å². The Labute approximate surface area is 210 Å². The summed E-state index contributed by atoms with van der Waals surface area (Å²) in [6, 6.07) is 8.25. The Bertz CT molecular complexity index is 1220. The van der Waals surface area contributed by atoms with Crippen molar-refractivity contribution >= 4 is 28.9 Å². The molecule has 0 saturated heterocycles. The Balaban J connectivity index is 1.36. The van der Waals surface area contributed by atoms with E-state index < -0.39 is 5.60 Å². The quantitative estimate of drug-likeness (QED) is 0.388. The van der Waals surface area contributed by atoms with Gasteiger partial charge in [0.25, 0.3) is 0 Å². The third-order valence-electron chi connectivity index (χ3n) is 7.53. The smallest absolute Gasteiger partial charge is 0.220 e. The first-order valence-electron chi connectivity index (χ1n) is 12.6. The second kappa shape index (κ2) is 9.66. The molecule has 7 nitrogen and oxygen atoms in total. The van der Waals surface area contributed by atoms with Crippen LogP contribution in [0.5, 0.6) is 0 Å². The SMILES string of the molecule is CC[C@](O)(c1ncc(-c2cc(C)cc(Nc3cc(C4CC4)ccn3)n2)s1)[C@H]1CC[C@H](C(N)=O)CC1. The second-order valence-electron chi connectivity index (χ2n) is 10.0. The van der Waals surface area contributed by atoms with Gasteiger partial charge >= 0.3 is 0 Å². The molecule has 0 radical (unpaired) electrons. The van der Waals surface area contributed by atoms with E-state index >= 15 is 0 Å². The molecule has 3 aromatic rings. The zero-order valence-corrected chi connectivity index (χ0v) is 21.1. The van der Waals surface area contributed by atoms with Crippen molar-refractivity contribution in [2.45, 2.75) is 70.3 Å². The van der Waals surface area contributed by atoms with E-state index in [0.717, 1.165) is 53.5 Å². The minimum absolute atomic E-state index is 0.0645. The molecule has 35 heavy (non-hydrogen) atoms. The first-order chi connectivity index (χ1) is 16.9. The average molecular weight is 492 g/mol. The lowest BCUT2D eigenvalue weighted by atomic mass is 9.72. The van der Waals surface area contributed by atoms with Crippen molar-refractivity contribution in [3.8, 4) is 10.6 Å². The summed E-state index contributed by atoms with van der Waals surface area (Å²) in [4.78, 5) is 26.4. The number of amides is 1. The van der Waals surface area contributed by atoms with E-state index in [1.807, 2.05) is 38.4 Å². The van der Waals surface area contributed by atoms with Gasteiger partial charge in [-0.05, 0) is 99.1 Å². The molecule has 5 rings (SSSR count). The van der Waals surface area contributed by atoms with Crippen molar-refractivity contribution in [1.82, 2.24) is 15.0 Å². The van der Waals surface area contributed by atoms with Crippen molar-refractivity contribution in [2.75, 3.05) is 5.32 Å². The minimum Gasteiger partial charge on any atom is -0.382 e. The van der Waals surface area contributed by atoms with Gasteiger partial charge in [0.05, 0.1) is 10.6 Å². The normalized spacial score (nSPS) is 21.9. The van der Waals surface area contributed by atoms with Gasteiger partial charge in [-0.15, -0.1) is 11.3 Å². The summed E-state index contributed by atoms with van der Waals surface area (Å²) < 4.78 is 0. The summed E-state index contributed by atoms with van der Waals surface area (Å²) in [5.41, 5.74) is 7.73. The highest BCUT2D eigenvalue weighted by molar-refractivity contribution is 7.15. The molecule has 8 heteroatoms. The van der Waals surface area contributed by atoms with Gasteiger partial charge in [-0.1, -0.05) is 6.92 Å². The standard InChI is InChI=1S/C27H33N5O2S/c1-3-27(34,20-8-6-18(7-9-20)25(28)33)26-30-15-22(35-26)21-12-16(2)13-24(31-21)32-23-14-19(10-11-29-23)17-4-5-17/h10-15,17-18,20,34H,3-9H2,1-2H3,(H2,28,33)(H,29,31,32)/t18-,20-,27-/m1/s1. The lowest BCUT2D eigenvalue weighted by Gasteiger charge is -2.38. The first kappa shape index (κ1) is 23.9. The van der Waals surface area contributed by atoms with E-state index in [0.29, 0.717) is 17.3 Å². The molecule has 0 aliphatic heterocycles. The largest absolute Gasteiger partial charge is 0.382 e. The maximum atomic E-state index is 11.7. The molecule has 1 amide bonds. The molecule has 2 aliphatic carbocycles. The van der Waals surface area contributed by atoms with Crippen LogP contribution >= 0.6 is 11.3 Å². The van der Waals surface area contributed by atoms with Crippen LogP contribution in [0.25, 0.3) is 10.6 Å². The molecule has 0 unspecified atom stereocenters.